The lowest BCUT2D eigenvalue weighted by atomic mass is 9.83. The third-order valence-corrected chi connectivity index (χ3v) is 3.85. The molecule has 4 N–H and O–H groups in total. The highest BCUT2D eigenvalue weighted by Gasteiger charge is 2.45. The summed E-state index contributed by atoms with van der Waals surface area (Å²) in [7, 11) is 0. The van der Waals surface area contributed by atoms with E-state index >= 15 is 0 Å². The Hall–Kier alpha value is -1.06. The summed E-state index contributed by atoms with van der Waals surface area (Å²) in [6.07, 6.45) is 2.90. The molecule has 18 heavy (non-hydrogen) atoms. The van der Waals surface area contributed by atoms with Crippen LogP contribution >= 0.6 is 0 Å². The molecule has 100 valence electrons. The first-order valence-corrected chi connectivity index (χ1v) is 6.82. The lowest BCUT2D eigenvalue weighted by Gasteiger charge is -2.33. The van der Waals surface area contributed by atoms with Gasteiger partial charge in [0.1, 0.15) is 11.4 Å². The van der Waals surface area contributed by atoms with Gasteiger partial charge >= 0.3 is 0 Å². The van der Waals surface area contributed by atoms with Crippen molar-refractivity contribution in [3.8, 4) is 5.75 Å². The number of para-hydroxylation sites is 1. The Morgan fingerprint density at radius 2 is 2.00 bits per heavy atom. The minimum atomic E-state index is -0.303. The van der Waals surface area contributed by atoms with Gasteiger partial charge < -0.3 is 16.2 Å². The molecule has 0 amide bonds. The van der Waals surface area contributed by atoms with Crippen molar-refractivity contribution < 1.29 is 4.74 Å². The Kier molecular flexibility index (Phi) is 3.93. The number of hydrogen-bond acceptors (Lipinski definition) is 3. The minimum Gasteiger partial charge on any atom is -0.485 e. The Bertz CT molecular complexity index is 405. The number of ether oxygens (including phenoxy) is 1. The third-order valence-electron chi connectivity index (χ3n) is 3.85. The molecule has 3 nitrogen and oxygen atoms in total. The molecule has 0 bridgehead atoms. The highest BCUT2D eigenvalue weighted by molar-refractivity contribution is 5.42. The monoisotopic (exact) mass is 248 g/mol. The Balaban J connectivity index is 2.23. The smallest absolute Gasteiger partial charge is 0.129 e. The maximum Gasteiger partial charge on any atom is 0.129 e. The van der Waals surface area contributed by atoms with E-state index in [2.05, 4.69) is 19.9 Å². The molecule has 2 atom stereocenters. The van der Waals surface area contributed by atoms with Gasteiger partial charge in [-0.2, -0.15) is 0 Å². The second kappa shape index (κ2) is 5.29. The lowest BCUT2D eigenvalue weighted by molar-refractivity contribution is 0.0474. The van der Waals surface area contributed by atoms with Crippen LogP contribution in [0.25, 0.3) is 0 Å². The predicted octanol–water partition coefficient (Wildman–Crippen LogP) is 2.60. The molecule has 0 saturated carbocycles. The molecule has 0 aromatic heterocycles. The lowest BCUT2D eigenvalue weighted by Crippen LogP contribution is -2.44. The number of rotatable bonds is 5. The van der Waals surface area contributed by atoms with Gasteiger partial charge in [-0.25, -0.2) is 0 Å². The van der Waals surface area contributed by atoms with Crippen LogP contribution in [0.3, 0.4) is 0 Å². The van der Waals surface area contributed by atoms with Gasteiger partial charge in [0.15, 0.2) is 0 Å². The quantitative estimate of drug-likeness (QED) is 0.842. The van der Waals surface area contributed by atoms with E-state index < -0.39 is 0 Å². The van der Waals surface area contributed by atoms with Crippen molar-refractivity contribution in [1.82, 2.24) is 0 Å². The third kappa shape index (κ3) is 2.38. The largest absolute Gasteiger partial charge is 0.485 e. The predicted molar refractivity (Wildman–Crippen MR) is 74.5 cm³/mol. The second-order valence-corrected chi connectivity index (χ2v) is 5.65. The molecular weight excluding hydrogens is 224 g/mol. The van der Waals surface area contributed by atoms with Crippen molar-refractivity contribution in [1.29, 1.82) is 0 Å². The van der Waals surface area contributed by atoms with Gasteiger partial charge in [0.2, 0.25) is 0 Å². The fourth-order valence-corrected chi connectivity index (χ4v) is 2.71. The molecule has 1 heterocycles. The van der Waals surface area contributed by atoms with Gasteiger partial charge in [-0.3, -0.25) is 0 Å². The van der Waals surface area contributed by atoms with E-state index in [1.807, 2.05) is 18.2 Å². The van der Waals surface area contributed by atoms with Crippen LogP contribution in [0.15, 0.2) is 24.3 Å². The van der Waals surface area contributed by atoms with Crippen molar-refractivity contribution in [3.05, 3.63) is 29.8 Å². The average Bonchev–Trinajstić information content (AvgIpc) is 2.62. The van der Waals surface area contributed by atoms with Crippen LogP contribution in [0.4, 0.5) is 0 Å². The molecule has 2 rings (SSSR count). The van der Waals surface area contributed by atoms with Crippen LogP contribution in [0.1, 0.15) is 44.7 Å². The number of fused-ring (bicyclic) bond motifs is 1. The van der Waals surface area contributed by atoms with Crippen LogP contribution in [0.5, 0.6) is 5.75 Å². The molecule has 1 aromatic carbocycles. The van der Waals surface area contributed by atoms with Crippen molar-refractivity contribution in [2.24, 2.45) is 17.4 Å². The summed E-state index contributed by atoms with van der Waals surface area (Å²) >= 11 is 0. The summed E-state index contributed by atoms with van der Waals surface area (Å²) in [5.74, 6) is 1.58. The first-order valence-electron chi connectivity index (χ1n) is 6.82. The minimum absolute atomic E-state index is 0.0593. The molecule has 0 spiro atoms. The van der Waals surface area contributed by atoms with Crippen molar-refractivity contribution in [2.75, 3.05) is 6.54 Å². The molecular formula is C15H24N2O. The van der Waals surface area contributed by atoms with E-state index in [1.54, 1.807) is 0 Å². The van der Waals surface area contributed by atoms with Gasteiger partial charge in [-0.05, 0) is 31.4 Å². The topological polar surface area (TPSA) is 61.3 Å². The molecule has 1 aliphatic rings. The molecule has 0 aliphatic carbocycles. The van der Waals surface area contributed by atoms with Crippen molar-refractivity contribution >= 4 is 0 Å². The Morgan fingerprint density at radius 1 is 1.28 bits per heavy atom. The standard InChI is InChI=1S/C15H24N2O/c1-11(2)7-8-15(9-10-16)14(17)12-5-3-4-6-13(12)18-15/h3-6,11,14H,7-10,16-17H2,1-2H3. The van der Waals surface area contributed by atoms with E-state index in [9.17, 15) is 0 Å². The molecule has 0 fully saturated rings. The summed E-state index contributed by atoms with van der Waals surface area (Å²) in [6, 6.07) is 8.02. The summed E-state index contributed by atoms with van der Waals surface area (Å²) in [4.78, 5) is 0. The van der Waals surface area contributed by atoms with Crippen molar-refractivity contribution in [2.45, 2.75) is 44.8 Å². The summed E-state index contributed by atoms with van der Waals surface area (Å²) in [6.45, 7) is 5.06. The fourth-order valence-electron chi connectivity index (χ4n) is 2.71. The van der Waals surface area contributed by atoms with Gasteiger partial charge in [0, 0.05) is 12.0 Å². The van der Waals surface area contributed by atoms with E-state index in [4.69, 9.17) is 16.2 Å². The fraction of sp³-hybridized carbons (Fsp3) is 0.600. The zero-order chi connectivity index (χ0) is 13.2. The molecule has 0 radical (unpaired) electrons. The van der Waals surface area contributed by atoms with Gasteiger partial charge in [-0.1, -0.05) is 32.0 Å². The highest BCUT2D eigenvalue weighted by atomic mass is 16.5. The zero-order valence-electron chi connectivity index (χ0n) is 11.4. The second-order valence-electron chi connectivity index (χ2n) is 5.65. The van der Waals surface area contributed by atoms with E-state index in [0.29, 0.717) is 12.5 Å². The number of nitrogens with two attached hydrogens (primary N) is 2. The number of benzene rings is 1. The molecule has 3 heteroatoms. The van der Waals surface area contributed by atoms with Crippen LogP contribution in [0.2, 0.25) is 0 Å². The average molecular weight is 248 g/mol. The van der Waals surface area contributed by atoms with Gasteiger partial charge in [0.25, 0.3) is 0 Å². The van der Waals surface area contributed by atoms with Gasteiger partial charge in [-0.15, -0.1) is 0 Å². The van der Waals surface area contributed by atoms with Crippen LogP contribution in [-0.2, 0) is 0 Å². The van der Waals surface area contributed by atoms with Gasteiger partial charge in [0.05, 0.1) is 6.04 Å². The summed E-state index contributed by atoms with van der Waals surface area (Å²) in [5.41, 5.74) is 13.0. The molecule has 2 unspecified atom stereocenters. The van der Waals surface area contributed by atoms with E-state index in [0.717, 1.165) is 30.6 Å². The maximum absolute atomic E-state index is 6.42. The van der Waals surface area contributed by atoms with E-state index in [-0.39, 0.29) is 11.6 Å². The molecule has 0 saturated heterocycles. The molecule has 1 aromatic rings. The first-order chi connectivity index (χ1) is 8.59. The van der Waals surface area contributed by atoms with Crippen LogP contribution in [-0.4, -0.2) is 12.1 Å². The highest BCUT2D eigenvalue weighted by Crippen LogP contribution is 2.46. The summed E-state index contributed by atoms with van der Waals surface area (Å²) < 4.78 is 6.19. The summed E-state index contributed by atoms with van der Waals surface area (Å²) in [5, 5.41) is 0. The Labute approximate surface area is 110 Å². The number of hydrogen-bond donors (Lipinski definition) is 2. The molecule has 1 aliphatic heterocycles. The first kappa shape index (κ1) is 13.4. The van der Waals surface area contributed by atoms with E-state index in [1.165, 1.54) is 0 Å². The van der Waals surface area contributed by atoms with Crippen LogP contribution < -0.4 is 16.2 Å². The normalized spacial score (nSPS) is 26.2. The van der Waals surface area contributed by atoms with Crippen LogP contribution in [0, 0.1) is 5.92 Å². The maximum atomic E-state index is 6.42. The SMILES string of the molecule is CC(C)CCC1(CCN)Oc2ccccc2C1N. The van der Waals surface area contributed by atoms with Crippen molar-refractivity contribution in [3.63, 3.8) is 0 Å². The Morgan fingerprint density at radius 3 is 2.61 bits per heavy atom. The zero-order valence-corrected chi connectivity index (χ0v) is 11.4.